The molecule has 2 saturated heterocycles. The van der Waals surface area contributed by atoms with Crippen LogP contribution in [0.3, 0.4) is 0 Å². The lowest BCUT2D eigenvalue weighted by molar-refractivity contribution is 0.203. The van der Waals surface area contributed by atoms with Gasteiger partial charge in [-0.1, -0.05) is 32.3 Å². The Kier molecular flexibility index (Phi) is 9.64. The minimum Gasteiger partial charge on any atom is -0.496 e. The highest BCUT2D eigenvalue weighted by Gasteiger charge is 2.20. The minimum atomic E-state index is -0.120. The number of aromatic nitrogens is 2. The molecule has 36 heavy (non-hydrogen) atoms. The summed E-state index contributed by atoms with van der Waals surface area (Å²) >= 11 is 0. The number of anilines is 1. The van der Waals surface area contributed by atoms with Crippen LogP contribution in [0.1, 0.15) is 63.4 Å². The molecule has 0 spiro atoms. The lowest BCUT2D eigenvalue weighted by Gasteiger charge is -2.26. The first kappa shape index (κ1) is 26.5. The predicted molar refractivity (Wildman–Crippen MR) is 146 cm³/mol. The summed E-state index contributed by atoms with van der Waals surface area (Å²) in [5.74, 6) is 2.83. The molecule has 0 radical (unpaired) electrons. The Labute approximate surface area is 216 Å². The number of rotatable bonds is 4. The summed E-state index contributed by atoms with van der Waals surface area (Å²) < 4.78 is 5.58. The number of urea groups is 1. The maximum atomic E-state index is 12.4. The van der Waals surface area contributed by atoms with Crippen molar-refractivity contribution in [2.45, 2.75) is 57.8 Å². The van der Waals surface area contributed by atoms with Gasteiger partial charge in [0.05, 0.1) is 19.0 Å². The van der Waals surface area contributed by atoms with Crippen molar-refractivity contribution in [1.82, 2.24) is 25.1 Å². The molecular weight excluding hydrogens is 452 g/mol. The lowest BCUT2D eigenvalue weighted by Crippen LogP contribution is -2.48. The largest absolute Gasteiger partial charge is 0.496 e. The normalized spacial score (nSPS) is 21.4. The van der Waals surface area contributed by atoms with Crippen LogP contribution < -0.4 is 15.4 Å². The average Bonchev–Trinajstić information content (AvgIpc) is 3.38. The van der Waals surface area contributed by atoms with Gasteiger partial charge in [-0.05, 0) is 68.8 Å². The minimum absolute atomic E-state index is 0.120. The Morgan fingerprint density at radius 3 is 2.53 bits per heavy atom. The molecule has 8 nitrogen and oxygen atoms in total. The van der Waals surface area contributed by atoms with Crippen molar-refractivity contribution in [3.63, 3.8) is 0 Å². The number of piperazine rings is 1. The van der Waals surface area contributed by atoms with Crippen LogP contribution >= 0.6 is 0 Å². The van der Waals surface area contributed by atoms with E-state index in [1.54, 1.807) is 18.2 Å². The second-order valence-electron chi connectivity index (χ2n) is 10.6. The summed E-state index contributed by atoms with van der Waals surface area (Å²) in [5, 5.41) is 6.11. The second kappa shape index (κ2) is 13.1. The fraction of sp³-hybridized carbons (Fsp3) is 0.643. The van der Waals surface area contributed by atoms with Crippen LogP contribution in [0.2, 0.25) is 0 Å². The first-order valence-electron chi connectivity index (χ1n) is 13.7. The fourth-order valence-electron chi connectivity index (χ4n) is 5.62. The summed E-state index contributed by atoms with van der Waals surface area (Å²) in [6, 6.07) is 6.32. The van der Waals surface area contributed by atoms with Crippen LogP contribution in [0.4, 0.5) is 10.7 Å². The Morgan fingerprint density at radius 1 is 1.08 bits per heavy atom. The standard InChI is InChI=1S/C21H29N5O2.C7H15N/c1-28-19-8-7-16(15-5-3-2-4-6-15)13-17(19)18-14-23-20(24-18)25-21(27)26-11-9-22-10-12-26;1-7-4-3-5-8(2)6-7/h7-8,13-15,22H,2-6,9-12H2,1H3,(H2,23,24,25,27);7H,3-6H2,1-2H3/t;7-/m.1/s1. The van der Waals surface area contributed by atoms with E-state index < -0.39 is 0 Å². The number of carbonyl (C=O) groups excluding carboxylic acids is 1. The van der Waals surface area contributed by atoms with E-state index in [4.69, 9.17) is 4.74 Å². The zero-order valence-corrected chi connectivity index (χ0v) is 22.3. The van der Waals surface area contributed by atoms with Gasteiger partial charge in [0.25, 0.3) is 0 Å². The molecule has 1 aliphatic carbocycles. The Balaban J connectivity index is 0.000000325. The van der Waals surface area contributed by atoms with E-state index in [1.807, 2.05) is 6.07 Å². The van der Waals surface area contributed by atoms with E-state index in [1.165, 1.54) is 63.6 Å². The van der Waals surface area contributed by atoms with Crippen molar-refractivity contribution in [2.75, 3.05) is 58.7 Å². The Morgan fingerprint density at radius 2 is 1.86 bits per heavy atom. The molecule has 3 fully saturated rings. The number of hydrogen-bond acceptors (Lipinski definition) is 5. The maximum absolute atomic E-state index is 12.4. The third-order valence-corrected chi connectivity index (χ3v) is 7.66. The van der Waals surface area contributed by atoms with Crippen molar-refractivity contribution < 1.29 is 9.53 Å². The maximum Gasteiger partial charge on any atom is 0.324 e. The number of carbonyl (C=O) groups is 1. The van der Waals surface area contributed by atoms with Gasteiger partial charge in [0.2, 0.25) is 5.95 Å². The molecule has 5 rings (SSSR count). The molecule has 8 heteroatoms. The van der Waals surface area contributed by atoms with Gasteiger partial charge in [-0.25, -0.2) is 9.78 Å². The van der Waals surface area contributed by atoms with Gasteiger partial charge < -0.3 is 24.8 Å². The summed E-state index contributed by atoms with van der Waals surface area (Å²) in [6.45, 7) is 8.00. The monoisotopic (exact) mass is 496 g/mol. The van der Waals surface area contributed by atoms with Crippen LogP contribution in [-0.4, -0.2) is 79.2 Å². The van der Waals surface area contributed by atoms with Gasteiger partial charge in [0.1, 0.15) is 5.75 Å². The van der Waals surface area contributed by atoms with Gasteiger partial charge in [0, 0.05) is 38.3 Å². The number of likely N-dealkylation sites (tertiary alicyclic amines) is 1. The lowest BCUT2D eigenvalue weighted by atomic mass is 9.83. The van der Waals surface area contributed by atoms with E-state index in [2.05, 4.69) is 51.6 Å². The number of methoxy groups -OCH3 is 1. The molecule has 3 N–H and O–H groups in total. The van der Waals surface area contributed by atoms with E-state index >= 15 is 0 Å². The van der Waals surface area contributed by atoms with Crippen LogP contribution in [-0.2, 0) is 0 Å². The molecule has 1 saturated carbocycles. The number of aromatic amines is 1. The molecular formula is C28H44N6O2. The van der Waals surface area contributed by atoms with Gasteiger partial charge in [0.15, 0.2) is 0 Å². The van der Waals surface area contributed by atoms with E-state index in [0.29, 0.717) is 25.0 Å². The third kappa shape index (κ3) is 7.23. The molecule has 2 amide bonds. The number of nitrogens with zero attached hydrogens (tertiary/aromatic N) is 3. The van der Waals surface area contributed by atoms with Crippen molar-refractivity contribution >= 4 is 12.0 Å². The van der Waals surface area contributed by atoms with Crippen molar-refractivity contribution in [2.24, 2.45) is 5.92 Å². The quantitative estimate of drug-likeness (QED) is 0.560. The SMILES string of the molecule is COc1ccc(C2CCCCC2)cc1-c1cnc(NC(=O)N2CCNCC2)[nH]1.C[C@@H]1CCCN(C)C1. The molecule has 1 aromatic carbocycles. The molecule has 2 aromatic rings. The van der Waals surface area contributed by atoms with Crippen LogP contribution in [0.25, 0.3) is 11.3 Å². The van der Waals surface area contributed by atoms with Crippen LogP contribution in [0.5, 0.6) is 5.75 Å². The first-order chi connectivity index (χ1) is 17.5. The average molecular weight is 497 g/mol. The number of amides is 2. The van der Waals surface area contributed by atoms with Crippen molar-refractivity contribution in [3.05, 3.63) is 30.0 Å². The summed E-state index contributed by atoms with van der Waals surface area (Å²) in [4.78, 5) is 24.2. The summed E-state index contributed by atoms with van der Waals surface area (Å²) in [7, 11) is 3.89. The Bertz CT molecular complexity index is 957. The fourth-order valence-corrected chi connectivity index (χ4v) is 5.62. The first-order valence-corrected chi connectivity index (χ1v) is 13.7. The number of ether oxygens (including phenoxy) is 1. The molecule has 1 atom stereocenters. The summed E-state index contributed by atoms with van der Waals surface area (Å²) in [6.07, 6.45) is 11.0. The molecule has 1 aromatic heterocycles. The smallest absolute Gasteiger partial charge is 0.324 e. The van der Waals surface area contributed by atoms with Gasteiger partial charge in [-0.15, -0.1) is 0 Å². The van der Waals surface area contributed by atoms with Gasteiger partial charge in [-0.3, -0.25) is 5.32 Å². The second-order valence-corrected chi connectivity index (χ2v) is 10.6. The zero-order chi connectivity index (χ0) is 25.3. The zero-order valence-electron chi connectivity index (χ0n) is 22.3. The van der Waals surface area contributed by atoms with E-state index in [9.17, 15) is 4.79 Å². The molecule has 3 heterocycles. The van der Waals surface area contributed by atoms with Crippen molar-refractivity contribution in [3.8, 4) is 17.0 Å². The van der Waals surface area contributed by atoms with Crippen LogP contribution in [0, 0.1) is 5.92 Å². The molecule has 3 aliphatic rings. The highest BCUT2D eigenvalue weighted by Crippen LogP contribution is 2.37. The van der Waals surface area contributed by atoms with E-state index in [0.717, 1.165) is 36.0 Å². The number of benzene rings is 1. The number of H-pyrrole nitrogens is 1. The predicted octanol–water partition coefficient (Wildman–Crippen LogP) is 4.92. The molecule has 198 valence electrons. The number of nitrogens with one attached hydrogen (secondary N) is 3. The van der Waals surface area contributed by atoms with E-state index in [-0.39, 0.29) is 6.03 Å². The highest BCUT2D eigenvalue weighted by atomic mass is 16.5. The Hall–Kier alpha value is -2.58. The van der Waals surface area contributed by atoms with Crippen LogP contribution in [0.15, 0.2) is 24.4 Å². The molecule has 2 aliphatic heterocycles. The third-order valence-electron chi connectivity index (χ3n) is 7.66. The number of hydrogen-bond donors (Lipinski definition) is 3. The number of imidazole rings is 1. The topological polar surface area (TPSA) is 85.5 Å². The van der Waals surface area contributed by atoms with Gasteiger partial charge >= 0.3 is 6.03 Å². The van der Waals surface area contributed by atoms with Crippen molar-refractivity contribution in [1.29, 1.82) is 0 Å². The molecule has 0 bridgehead atoms. The molecule has 0 unspecified atom stereocenters. The van der Waals surface area contributed by atoms with Gasteiger partial charge in [-0.2, -0.15) is 0 Å². The highest BCUT2D eigenvalue weighted by molar-refractivity contribution is 5.88. The summed E-state index contributed by atoms with van der Waals surface area (Å²) in [5.41, 5.74) is 3.20. The number of piperidine rings is 1.